The molecular weight excluding hydrogens is 165 g/mol. The van der Waals surface area contributed by atoms with Crippen molar-refractivity contribution < 1.29 is 4.39 Å². The Balaban J connectivity index is 2.24. The average Bonchev–Trinajstić information content (AvgIpc) is 2.19. The number of hydrogen-bond donors (Lipinski definition) is 1. The molecule has 0 bridgehead atoms. The Morgan fingerprint density at radius 2 is 2.00 bits per heavy atom. The Bertz CT molecular complexity index is 132. The summed E-state index contributed by atoms with van der Waals surface area (Å²) < 4.78 is 13.7. The number of rotatable bonds is 4. The molecule has 0 saturated carbocycles. The van der Waals surface area contributed by atoms with E-state index in [1.165, 1.54) is 0 Å². The van der Waals surface area contributed by atoms with Crippen LogP contribution in [0.1, 0.15) is 39.5 Å². The smallest absolute Gasteiger partial charge is 0.103 e. The van der Waals surface area contributed by atoms with Gasteiger partial charge in [0.25, 0.3) is 0 Å². The Hall–Kier alpha value is -0.110. The van der Waals surface area contributed by atoms with Crippen LogP contribution >= 0.6 is 0 Å². The van der Waals surface area contributed by atoms with E-state index in [0.717, 1.165) is 38.8 Å². The van der Waals surface area contributed by atoms with Crippen LogP contribution in [-0.2, 0) is 0 Å². The van der Waals surface area contributed by atoms with Gasteiger partial charge in [-0.15, -0.1) is 0 Å². The quantitative estimate of drug-likeness (QED) is 0.713. The van der Waals surface area contributed by atoms with Crippen molar-refractivity contribution in [2.45, 2.75) is 45.7 Å². The first-order valence-electron chi connectivity index (χ1n) is 5.58. The fraction of sp³-hybridized carbons (Fsp3) is 1.00. The summed E-state index contributed by atoms with van der Waals surface area (Å²) in [5, 5.41) is 3.27. The molecule has 1 rings (SSSR count). The second-order valence-corrected chi connectivity index (χ2v) is 4.35. The summed E-state index contributed by atoms with van der Waals surface area (Å²) in [6.07, 6.45) is 3.36. The van der Waals surface area contributed by atoms with E-state index in [4.69, 9.17) is 0 Å². The van der Waals surface area contributed by atoms with Crippen molar-refractivity contribution >= 4 is 0 Å². The molecule has 1 aliphatic heterocycles. The summed E-state index contributed by atoms with van der Waals surface area (Å²) in [5.74, 6) is 0.875. The molecule has 1 nitrogen and oxygen atoms in total. The van der Waals surface area contributed by atoms with Crippen LogP contribution in [0.4, 0.5) is 4.39 Å². The molecule has 1 aliphatic rings. The highest BCUT2D eigenvalue weighted by molar-refractivity contribution is 4.76. The molecule has 0 aromatic rings. The number of nitrogens with one attached hydrogen (secondary N) is 1. The van der Waals surface area contributed by atoms with Crippen molar-refractivity contribution in [1.29, 1.82) is 0 Å². The lowest BCUT2D eigenvalue weighted by Gasteiger charge is -2.27. The van der Waals surface area contributed by atoms with E-state index in [1.54, 1.807) is 0 Å². The van der Waals surface area contributed by atoms with Gasteiger partial charge in [0.05, 0.1) is 0 Å². The second-order valence-electron chi connectivity index (χ2n) is 4.35. The molecule has 1 N–H and O–H groups in total. The molecule has 2 atom stereocenters. The van der Waals surface area contributed by atoms with Gasteiger partial charge in [0.1, 0.15) is 6.17 Å². The highest BCUT2D eigenvalue weighted by Crippen LogP contribution is 2.25. The van der Waals surface area contributed by atoms with Crippen molar-refractivity contribution in [2.75, 3.05) is 13.1 Å². The highest BCUT2D eigenvalue weighted by Gasteiger charge is 2.23. The summed E-state index contributed by atoms with van der Waals surface area (Å²) in [7, 11) is 0. The fourth-order valence-electron chi connectivity index (χ4n) is 1.95. The SMILES string of the molecule is CCC(C)CC(F)C1CCNCC1. The topological polar surface area (TPSA) is 12.0 Å². The monoisotopic (exact) mass is 187 g/mol. The standard InChI is InChI=1S/C11H22FN/c1-3-9(2)8-11(12)10-4-6-13-7-5-10/h9-11,13H,3-8H2,1-2H3. The zero-order chi connectivity index (χ0) is 9.68. The zero-order valence-corrected chi connectivity index (χ0v) is 8.85. The highest BCUT2D eigenvalue weighted by atomic mass is 19.1. The predicted molar refractivity (Wildman–Crippen MR) is 54.6 cm³/mol. The Labute approximate surface area is 81.1 Å². The first-order valence-corrected chi connectivity index (χ1v) is 5.58. The van der Waals surface area contributed by atoms with Crippen LogP contribution in [0.15, 0.2) is 0 Å². The summed E-state index contributed by atoms with van der Waals surface area (Å²) >= 11 is 0. The van der Waals surface area contributed by atoms with Crippen LogP contribution in [0, 0.1) is 11.8 Å². The zero-order valence-electron chi connectivity index (χ0n) is 8.85. The molecule has 0 aromatic heterocycles. The lowest BCUT2D eigenvalue weighted by Crippen LogP contribution is -2.33. The van der Waals surface area contributed by atoms with Crippen molar-refractivity contribution in [2.24, 2.45) is 11.8 Å². The first kappa shape index (κ1) is 11.0. The maximum Gasteiger partial charge on any atom is 0.103 e. The molecule has 2 heteroatoms. The molecule has 0 aliphatic carbocycles. The minimum Gasteiger partial charge on any atom is -0.317 e. The van der Waals surface area contributed by atoms with Gasteiger partial charge in [-0.1, -0.05) is 20.3 Å². The van der Waals surface area contributed by atoms with Crippen molar-refractivity contribution in [3.8, 4) is 0 Å². The van der Waals surface area contributed by atoms with Crippen molar-refractivity contribution in [3.63, 3.8) is 0 Å². The molecule has 0 spiro atoms. The summed E-state index contributed by atoms with van der Waals surface area (Å²) in [4.78, 5) is 0. The molecule has 0 radical (unpaired) electrons. The number of halogens is 1. The summed E-state index contributed by atoms with van der Waals surface area (Å²) in [6.45, 7) is 6.30. The second kappa shape index (κ2) is 5.58. The van der Waals surface area contributed by atoms with Gasteiger partial charge in [-0.3, -0.25) is 0 Å². The predicted octanol–water partition coefficient (Wildman–Crippen LogP) is 2.76. The van der Waals surface area contributed by atoms with Crippen LogP contribution in [0.3, 0.4) is 0 Å². The molecular formula is C11H22FN. The van der Waals surface area contributed by atoms with Crippen LogP contribution in [0.25, 0.3) is 0 Å². The third-order valence-corrected chi connectivity index (χ3v) is 3.22. The molecule has 78 valence electrons. The molecule has 0 aromatic carbocycles. The van der Waals surface area contributed by atoms with Gasteiger partial charge in [-0.2, -0.15) is 0 Å². The molecule has 2 unspecified atom stereocenters. The molecule has 1 fully saturated rings. The van der Waals surface area contributed by atoms with Gasteiger partial charge in [0.15, 0.2) is 0 Å². The summed E-state index contributed by atoms with van der Waals surface area (Å²) in [6, 6.07) is 0. The third kappa shape index (κ3) is 3.63. The van der Waals surface area contributed by atoms with E-state index >= 15 is 0 Å². The number of alkyl halides is 1. The van der Waals surface area contributed by atoms with Gasteiger partial charge in [-0.05, 0) is 44.2 Å². The molecule has 13 heavy (non-hydrogen) atoms. The normalized spacial score (nSPS) is 24.2. The minimum absolute atomic E-state index is 0.329. The lowest BCUT2D eigenvalue weighted by molar-refractivity contribution is 0.158. The van der Waals surface area contributed by atoms with E-state index in [1.807, 2.05) is 0 Å². The third-order valence-electron chi connectivity index (χ3n) is 3.22. The van der Waals surface area contributed by atoms with Crippen LogP contribution in [0.2, 0.25) is 0 Å². The lowest BCUT2D eigenvalue weighted by atomic mass is 9.87. The maximum atomic E-state index is 13.7. The van der Waals surface area contributed by atoms with Crippen LogP contribution in [-0.4, -0.2) is 19.3 Å². The van der Waals surface area contributed by atoms with E-state index in [9.17, 15) is 4.39 Å². The maximum absolute atomic E-state index is 13.7. The van der Waals surface area contributed by atoms with Gasteiger partial charge in [0.2, 0.25) is 0 Å². The molecule has 1 saturated heterocycles. The van der Waals surface area contributed by atoms with Crippen LogP contribution < -0.4 is 5.32 Å². The number of piperidine rings is 1. The van der Waals surface area contributed by atoms with Crippen molar-refractivity contribution in [1.82, 2.24) is 5.32 Å². The fourth-order valence-corrected chi connectivity index (χ4v) is 1.95. The van der Waals surface area contributed by atoms with Gasteiger partial charge in [-0.25, -0.2) is 4.39 Å². The average molecular weight is 187 g/mol. The summed E-state index contributed by atoms with van der Waals surface area (Å²) in [5.41, 5.74) is 0. The molecule has 1 heterocycles. The van der Waals surface area contributed by atoms with Crippen LogP contribution in [0.5, 0.6) is 0 Å². The Kier molecular flexibility index (Phi) is 4.71. The minimum atomic E-state index is -0.558. The van der Waals surface area contributed by atoms with E-state index in [2.05, 4.69) is 19.2 Å². The molecule has 0 amide bonds. The van der Waals surface area contributed by atoms with E-state index in [-0.39, 0.29) is 0 Å². The Morgan fingerprint density at radius 3 is 2.54 bits per heavy atom. The largest absolute Gasteiger partial charge is 0.317 e. The number of hydrogen-bond acceptors (Lipinski definition) is 1. The Morgan fingerprint density at radius 1 is 1.38 bits per heavy atom. The van der Waals surface area contributed by atoms with E-state index in [0.29, 0.717) is 11.8 Å². The first-order chi connectivity index (χ1) is 6.24. The van der Waals surface area contributed by atoms with Gasteiger partial charge < -0.3 is 5.32 Å². The van der Waals surface area contributed by atoms with Crippen molar-refractivity contribution in [3.05, 3.63) is 0 Å². The van der Waals surface area contributed by atoms with Gasteiger partial charge in [0, 0.05) is 0 Å². The van der Waals surface area contributed by atoms with Gasteiger partial charge >= 0.3 is 0 Å². The van der Waals surface area contributed by atoms with E-state index < -0.39 is 6.17 Å².